The number of hydrogen-bond acceptors (Lipinski definition) is 2. The van der Waals surface area contributed by atoms with E-state index in [-0.39, 0.29) is 0 Å². The second-order valence-corrected chi connectivity index (χ2v) is 5.45. The number of hydrogen-bond donors (Lipinski definition) is 1. The standard InChI is InChI=1S/C12H23NO/c1-3-12(2,14)9-13(11-6-7-11)8-10-4-5-10/h10-11,14H,3-9H2,1-2H3. The van der Waals surface area contributed by atoms with Gasteiger partial charge in [-0.05, 0) is 44.9 Å². The third kappa shape index (κ3) is 2.96. The zero-order valence-corrected chi connectivity index (χ0v) is 9.50. The van der Waals surface area contributed by atoms with Crippen LogP contribution in [-0.4, -0.2) is 34.7 Å². The summed E-state index contributed by atoms with van der Waals surface area (Å²) in [6.45, 7) is 6.16. The molecule has 0 spiro atoms. The quantitative estimate of drug-likeness (QED) is 0.704. The molecule has 0 bridgehead atoms. The molecule has 2 rings (SSSR count). The van der Waals surface area contributed by atoms with Crippen LogP contribution in [-0.2, 0) is 0 Å². The highest BCUT2D eigenvalue weighted by Crippen LogP contribution is 2.35. The van der Waals surface area contributed by atoms with Crippen molar-refractivity contribution >= 4 is 0 Å². The first-order valence-electron chi connectivity index (χ1n) is 6.07. The van der Waals surface area contributed by atoms with Crippen molar-refractivity contribution in [1.29, 1.82) is 0 Å². The molecule has 0 aromatic heterocycles. The van der Waals surface area contributed by atoms with E-state index in [0.717, 1.165) is 24.9 Å². The van der Waals surface area contributed by atoms with Gasteiger partial charge in [0.1, 0.15) is 0 Å². The summed E-state index contributed by atoms with van der Waals surface area (Å²) < 4.78 is 0. The summed E-state index contributed by atoms with van der Waals surface area (Å²) in [5, 5.41) is 10.1. The second kappa shape index (κ2) is 3.82. The number of nitrogens with zero attached hydrogens (tertiary/aromatic N) is 1. The Morgan fingerprint density at radius 3 is 2.36 bits per heavy atom. The lowest BCUT2D eigenvalue weighted by Crippen LogP contribution is -2.42. The van der Waals surface area contributed by atoms with Crippen molar-refractivity contribution in [2.45, 2.75) is 57.6 Å². The van der Waals surface area contributed by atoms with Gasteiger partial charge >= 0.3 is 0 Å². The van der Waals surface area contributed by atoms with Gasteiger partial charge < -0.3 is 5.11 Å². The highest BCUT2D eigenvalue weighted by molar-refractivity contribution is 4.91. The molecule has 14 heavy (non-hydrogen) atoms. The van der Waals surface area contributed by atoms with Gasteiger partial charge in [0, 0.05) is 19.1 Å². The average molecular weight is 197 g/mol. The molecule has 0 aromatic carbocycles. The molecule has 2 saturated carbocycles. The summed E-state index contributed by atoms with van der Waals surface area (Å²) in [4.78, 5) is 2.53. The van der Waals surface area contributed by atoms with Crippen LogP contribution in [0.3, 0.4) is 0 Å². The lowest BCUT2D eigenvalue weighted by atomic mass is 10.0. The maximum absolute atomic E-state index is 10.1. The predicted octanol–water partition coefficient (Wildman–Crippen LogP) is 2.02. The van der Waals surface area contributed by atoms with Crippen LogP contribution in [0.5, 0.6) is 0 Å². The molecule has 0 saturated heterocycles. The molecule has 2 heteroatoms. The van der Waals surface area contributed by atoms with E-state index in [2.05, 4.69) is 11.8 Å². The highest BCUT2D eigenvalue weighted by atomic mass is 16.3. The van der Waals surface area contributed by atoms with E-state index in [0.29, 0.717) is 0 Å². The van der Waals surface area contributed by atoms with Crippen LogP contribution < -0.4 is 0 Å². The Balaban J connectivity index is 1.82. The minimum absolute atomic E-state index is 0.475. The molecule has 0 amide bonds. The lowest BCUT2D eigenvalue weighted by Gasteiger charge is -2.31. The van der Waals surface area contributed by atoms with Gasteiger partial charge in [0.05, 0.1) is 5.60 Å². The molecule has 1 N–H and O–H groups in total. The van der Waals surface area contributed by atoms with Crippen LogP contribution in [0.1, 0.15) is 46.0 Å². The molecule has 1 unspecified atom stereocenters. The highest BCUT2D eigenvalue weighted by Gasteiger charge is 2.36. The Morgan fingerprint density at radius 2 is 1.93 bits per heavy atom. The summed E-state index contributed by atoms with van der Waals surface area (Å²) >= 11 is 0. The summed E-state index contributed by atoms with van der Waals surface area (Å²) in [6, 6.07) is 0.800. The normalized spacial score (nSPS) is 26.6. The molecule has 0 radical (unpaired) electrons. The van der Waals surface area contributed by atoms with E-state index in [1.165, 1.54) is 32.2 Å². The largest absolute Gasteiger partial charge is 0.389 e. The monoisotopic (exact) mass is 197 g/mol. The zero-order valence-electron chi connectivity index (χ0n) is 9.50. The van der Waals surface area contributed by atoms with Gasteiger partial charge in [-0.25, -0.2) is 0 Å². The molecule has 2 aliphatic rings. The molecule has 82 valence electrons. The van der Waals surface area contributed by atoms with E-state index in [4.69, 9.17) is 0 Å². The van der Waals surface area contributed by atoms with E-state index in [1.54, 1.807) is 0 Å². The van der Waals surface area contributed by atoms with E-state index in [1.807, 2.05) is 6.92 Å². The van der Waals surface area contributed by atoms with Crippen molar-refractivity contribution in [3.8, 4) is 0 Å². The van der Waals surface area contributed by atoms with Crippen LogP contribution in [0.4, 0.5) is 0 Å². The van der Waals surface area contributed by atoms with Gasteiger partial charge in [0.15, 0.2) is 0 Å². The molecule has 0 aromatic rings. The Kier molecular flexibility index (Phi) is 2.85. The maximum Gasteiger partial charge on any atom is 0.0743 e. The van der Waals surface area contributed by atoms with Crippen LogP contribution in [0.15, 0.2) is 0 Å². The SMILES string of the molecule is CCC(C)(O)CN(CC1CC1)C1CC1. The van der Waals surface area contributed by atoms with Crippen molar-refractivity contribution in [2.75, 3.05) is 13.1 Å². The molecular weight excluding hydrogens is 174 g/mol. The fourth-order valence-electron chi connectivity index (χ4n) is 1.96. The second-order valence-electron chi connectivity index (χ2n) is 5.45. The lowest BCUT2D eigenvalue weighted by molar-refractivity contribution is 0.0124. The van der Waals surface area contributed by atoms with Gasteiger partial charge in [0.25, 0.3) is 0 Å². The van der Waals surface area contributed by atoms with Gasteiger partial charge in [-0.2, -0.15) is 0 Å². The molecule has 2 aliphatic carbocycles. The van der Waals surface area contributed by atoms with Gasteiger partial charge in [0.2, 0.25) is 0 Å². The minimum atomic E-state index is -0.475. The molecular formula is C12H23NO. The fraction of sp³-hybridized carbons (Fsp3) is 1.00. The summed E-state index contributed by atoms with van der Waals surface area (Å²) in [5.41, 5.74) is -0.475. The summed E-state index contributed by atoms with van der Waals surface area (Å²) in [7, 11) is 0. The van der Waals surface area contributed by atoms with Crippen molar-refractivity contribution in [3.05, 3.63) is 0 Å². The van der Waals surface area contributed by atoms with Crippen LogP contribution in [0.2, 0.25) is 0 Å². The van der Waals surface area contributed by atoms with Gasteiger partial charge in [-0.3, -0.25) is 4.90 Å². The summed E-state index contributed by atoms with van der Waals surface area (Å²) in [5.74, 6) is 0.947. The first-order valence-corrected chi connectivity index (χ1v) is 6.07. The Bertz CT molecular complexity index is 194. The number of rotatable bonds is 6. The van der Waals surface area contributed by atoms with E-state index >= 15 is 0 Å². The van der Waals surface area contributed by atoms with E-state index in [9.17, 15) is 5.11 Å². The van der Waals surface area contributed by atoms with Crippen molar-refractivity contribution in [2.24, 2.45) is 5.92 Å². The molecule has 1 atom stereocenters. The van der Waals surface area contributed by atoms with Crippen molar-refractivity contribution < 1.29 is 5.11 Å². The van der Waals surface area contributed by atoms with Gasteiger partial charge in [-0.1, -0.05) is 6.92 Å². The Morgan fingerprint density at radius 1 is 1.29 bits per heavy atom. The van der Waals surface area contributed by atoms with E-state index < -0.39 is 5.60 Å². The fourth-order valence-corrected chi connectivity index (χ4v) is 1.96. The van der Waals surface area contributed by atoms with Crippen LogP contribution >= 0.6 is 0 Å². The number of aliphatic hydroxyl groups is 1. The molecule has 2 nitrogen and oxygen atoms in total. The molecule has 0 aliphatic heterocycles. The Labute approximate surface area is 87.3 Å². The first kappa shape index (κ1) is 10.4. The summed E-state index contributed by atoms with van der Waals surface area (Å²) in [6.07, 6.45) is 6.40. The topological polar surface area (TPSA) is 23.5 Å². The third-order valence-corrected chi connectivity index (χ3v) is 3.56. The molecule has 2 fully saturated rings. The van der Waals surface area contributed by atoms with Crippen molar-refractivity contribution in [3.63, 3.8) is 0 Å². The molecule has 0 heterocycles. The predicted molar refractivity (Wildman–Crippen MR) is 58.2 cm³/mol. The zero-order chi connectivity index (χ0) is 10.2. The van der Waals surface area contributed by atoms with Crippen LogP contribution in [0.25, 0.3) is 0 Å². The third-order valence-electron chi connectivity index (χ3n) is 3.56. The maximum atomic E-state index is 10.1. The van der Waals surface area contributed by atoms with Crippen LogP contribution in [0, 0.1) is 5.92 Å². The minimum Gasteiger partial charge on any atom is -0.389 e. The van der Waals surface area contributed by atoms with Crippen molar-refractivity contribution in [1.82, 2.24) is 4.90 Å². The van der Waals surface area contributed by atoms with Gasteiger partial charge in [-0.15, -0.1) is 0 Å². The smallest absolute Gasteiger partial charge is 0.0743 e. The first-order chi connectivity index (χ1) is 6.61. The Hall–Kier alpha value is -0.0800. The average Bonchev–Trinajstić information content (AvgIpc) is 2.97.